The lowest BCUT2D eigenvalue weighted by Gasteiger charge is -2.17. The lowest BCUT2D eigenvalue weighted by Crippen LogP contribution is -2.12. The van der Waals surface area contributed by atoms with E-state index in [2.05, 4.69) is 18.3 Å². The average molecular weight is 331 g/mol. The highest BCUT2D eigenvalue weighted by Crippen LogP contribution is 2.39. The zero-order chi connectivity index (χ0) is 15.7. The van der Waals surface area contributed by atoms with Crippen LogP contribution in [0.15, 0.2) is 24.3 Å². The van der Waals surface area contributed by atoms with Gasteiger partial charge in [-0.25, -0.2) is 0 Å². The molecule has 1 aliphatic carbocycles. The van der Waals surface area contributed by atoms with E-state index in [1.54, 1.807) is 24.3 Å². The van der Waals surface area contributed by atoms with E-state index in [1.807, 2.05) is 0 Å². The third-order valence-corrected chi connectivity index (χ3v) is 5.38. The van der Waals surface area contributed by atoms with Gasteiger partial charge in [0.15, 0.2) is 0 Å². The first-order chi connectivity index (χ1) is 10.6. The van der Waals surface area contributed by atoms with Crippen LogP contribution in [-0.2, 0) is 12.8 Å². The SMILES string of the molecule is C[C@@H]1CCc2c(sc(NC(=O)c3ccc(Cl)cc3)c2C#N)C1. The van der Waals surface area contributed by atoms with E-state index >= 15 is 0 Å². The number of thiophene rings is 1. The van der Waals surface area contributed by atoms with Crippen molar-refractivity contribution in [2.75, 3.05) is 5.32 Å². The van der Waals surface area contributed by atoms with Gasteiger partial charge in [-0.05, 0) is 55.0 Å². The first-order valence-corrected chi connectivity index (χ1v) is 8.39. The van der Waals surface area contributed by atoms with Crippen molar-refractivity contribution < 1.29 is 4.79 Å². The van der Waals surface area contributed by atoms with Gasteiger partial charge >= 0.3 is 0 Å². The first-order valence-electron chi connectivity index (χ1n) is 7.20. The van der Waals surface area contributed by atoms with Crippen molar-refractivity contribution in [1.82, 2.24) is 0 Å². The van der Waals surface area contributed by atoms with Gasteiger partial charge < -0.3 is 5.32 Å². The molecule has 0 aliphatic heterocycles. The summed E-state index contributed by atoms with van der Waals surface area (Å²) >= 11 is 7.37. The van der Waals surface area contributed by atoms with Crippen LogP contribution in [0.3, 0.4) is 0 Å². The maximum atomic E-state index is 12.3. The second-order valence-electron chi connectivity index (χ2n) is 5.63. The van der Waals surface area contributed by atoms with Gasteiger partial charge in [-0.2, -0.15) is 5.26 Å². The molecule has 0 spiro atoms. The molecule has 22 heavy (non-hydrogen) atoms. The summed E-state index contributed by atoms with van der Waals surface area (Å²) in [6.07, 6.45) is 3.02. The Kier molecular flexibility index (Phi) is 4.19. The molecule has 1 heterocycles. The van der Waals surface area contributed by atoms with E-state index in [0.29, 0.717) is 27.1 Å². The molecule has 2 aromatic rings. The molecule has 1 N–H and O–H groups in total. The molecule has 5 heteroatoms. The molecule has 1 aromatic heterocycles. The lowest BCUT2D eigenvalue weighted by atomic mass is 9.88. The number of nitriles is 1. The maximum absolute atomic E-state index is 12.3. The van der Waals surface area contributed by atoms with Crippen LogP contribution in [0.2, 0.25) is 5.02 Å². The Morgan fingerprint density at radius 1 is 1.41 bits per heavy atom. The second kappa shape index (κ2) is 6.12. The highest BCUT2D eigenvalue weighted by atomic mass is 35.5. The molecule has 112 valence electrons. The third-order valence-electron chi connectivity index (χ3n) is 3.96. The Labute approximate surface area is 138 Å². The van der Waals surface area contributed by atoms with Gasteiger partial charge in [-0.1, -0.05) is 18.5 Å². The van der Waals surface area contributed by atoms with Crippen LogP contribution in [0.4, 0.5) is 5.00 Å². The minimum absolute atomic E-state index is 0.209. The molecule has 1 amide bonds. The van der Waals surface area contributed by atoms with Crippen LogP contribution in [0, 0.1) is 17.2 Å². The number of fused-ring (bicyclic) bond motifs is 1. The minimum atomic E-state index is -0.209. The number of nitrogens with one attached hydrogen (secondary N) is 1. The molecular formula is C17H15ClN2OS. The fraction of sp³-hybridized carbons (Fsp3) is 0.294. The largest absolute Gasteiger partial charge is 0.312 e. The molecule has 0 fully saturated rings. The first kappa shape index (κ1) is 15.1. The summed E-state index contributed by atoms with van der Waals surface area (Å²) in [5.41, 5.74) is 2.29. The standard InChI is InChI=1S/C17H15ClN2OS/c1-10-2-7-13-14(9-19)17(22-15(13)8-10)20-16(21)11-3-5-12(18)6-4-11/h3-6,10H,2,7-8H2,1H3,(H,20,21)/t10-/m1/s1. The van der Waals surface area contributed by atoms with Crippen molar-refractivity contribution in [1.29, 1.82) is 5.26 Å². The number of carbonyl (C=O) groups is 1. The average Bonchev–Trinajstić information content (AvgIpc) is 2.83. The highest BCUT2D eigenvalue weighted by molar-refractivity contribution is 7.16. The van der Waals surface area contributed by atoms with Crippen LogP contribution >= 0.6 is 22.9 Å². The number of hydrogen-bond acceptors (Lipinski definition) is 3. The van der Waals surface area contributed by atoms with Gasteiger partial charge in [-0.3, -0.25) is 4.79 Å². The van der Waals surface area contributed by atoms with Crippen molar-refractivity contribution in [3.8, 4) is 6.07 Å². The van der Waals surface area contributed by atoms with Crippen LogP contribution in [0.25, 0.3) is 0 Å². The summed E-state index contributed by atoms with van der Waals surface area (Å²) in [5, 5.41) is 13.6. The Morgan fingerprint density at radius 3 is 2.82 bits per heavy atom. The van der Waals surface area contributed by atoms with Crippen molar-refractivity contribution in [3.05, 3.63) is 50.9 Å². The summed E-state index contributed by atoms with van der Waals surface area (Å²) in [4.78, 5) is 13.6. The number of halogens is 1. The number of carbonyl (C=O) groups excluding carboxylic acids is 1. The van der Waals surface area contributed by atoms with E-state index in [4.69, 9.17) is 11.6 Å². The molecule has 1 atom stereocenters. The quantitative estimate of drug-likeness (QED) is 0.871. The van der Waals surface area contributed by atoms with Gasteiger partial charge in [0, 0.05) is 15.5 Å². The van der Waals surface area contributed by atoms with Gasteiger partial charge in [0.2, 0.25) is 0 Å². The topological polar surface area (TPSA) is 52.9 Å². The Hall–Kier alpha value is -1.83. The van der Waals surface area contributed by atoms with Crippen LogP contribution in [0.5, 0.6) is 0 Å². The monoisotopic (exact) mass is 330 g/mol. The van der Waals surface area contributed by atoms with E-state index in [-0.39, 0.29) is 5.91 Å². The minimum Gasteiger partial charge on any atom is -0.312 e. The number of rotatable bonds is 2. The zero-order valence-corrected chi connectivity index (χ0v) is 13.7. The molecular weight excluding hydrogens is 316 g/mol. The van der Waals surface area contributed by atoms with Gasteiger partial charge in [0.1, 0.15) is 11.1 Å². The number of nitrogens with zero attached hydrogens (tertiary/aromatic N) is 1. The summed E-state index contributed by atoms with van der Waals surface area (Å²) in [6, 6.07) is 8.99. The van der Waals surface area contributed by atoms with Gasteiger partial charge in [0.25, 0.3) is 5.91 Å². The fourth-order valence-corrected chi connectivity index (χ4v) is 4.22. The fourth-order valence-electron chi connectivity index (χ4n) is 2.73. The van der Waals surface area contributed by atoms with Crippen molar-refractivity contribution >= 4 is 33.8 Å². The smallest absolute Gasteiger partial charge is 0.256 e. The van der Waals surface area contributed by atoms with Crippen LogP contribution < -0.4 is 5.32 Å². The van der Waals surface area contributed by atoms with Gasteiger partial charge in [0.05, 0.1) is 5.56 Å². The van der Waals surface area contributed by atoms with Crippen molar-refractivity contribution in [3.63, 3.8) is 0 Å². The lowest BCUT2D eigenvalue weighted by molar-refractivity contribution is 0.102. The molecule has 3 nitrogen and oxygen atoms in total. The predicted octanol–water partition coefficient (Wildman–Crippen LogP) is 4.65. The Balaban J connectivity index is 1.88. The number of amides is 1. The van der Waals surface area contributed by atoms with Crippen molar-refractivity contribution in [2.45, 2.75) is 26.2 Å². The van der Waals surface area contributed by atoms with Gasteiger partial charge in [-0.15, -0.1) is 11.3 Å². The number of benzene rings is 1. The Morgan fingerprint density at radius 2 is 2.14 bits per heavy atom. The van der Waals surface area contributed by atoms with Crippen LogP contribution in [-0.4, -0.2) is 5.91 Å². The van der Waals surface area contributed by atoms with E-state index in [1.165, 1.54) is 16.2 Å². The number of anilines is 1. The molecule has 0 saturated carbocycles. The molecule has 0 unspecified atom stereocenters. The Bertz CT molecular complexity index is 758. The van der Waals surface area contributed by atoms with Crippen LogP contribution in [0.1, 0.15) is 39.7 Å². The second-order valence-corrected chi connectivity index (χ2v) is 7.17. The third kappa shape index (κ3) is 2.87. The molecule has 3 rings (SSSR count). The molecule has 0 radical (unpaired) electrons. The molecule has 1 aliphatic rings. The summed E-state index contributed by atoms with van der Waals surface area (Å²) in [5.74, 6) is 0.428. The van der Waals surface area contributed by atoms with E-state index in [9.17, 15) is 10.1 Å². The number of hydrogen-bond donors (Lipinski definition) is 1. The summed E-state index contributed by atoms with van der Waals surface area (Å²) in [7, 11) is 0. The van der Waals surface area contributed by atoms with E-state index < -0.39 is 0 Å². The molecule has 0 saturated heterocycles. The van der Waals surface area contributed by atoms with Crippen molar-refractivity contribution in [2.24, 2.45) is 5.92 Å². The maximum Gasteiger partial charge on any atom is 0.256 e. The summed E-state index contributed by atoms with van der Waals surface area (Å²) < 4.78 is 0. The van der Waals surface area contributed by atoms with E-state index in [0.717, 1.165) is 24.8 Å². The predicted molar refractivity (Wildman–Crippen MR) is 89.6 cm³/mol. The highest BCUT2D eigenvalue weighted by Gasteiger charge is 2.24. The molecule has 0 bridgehead atoms. The zero-order valence-electron chi connectivity index (χ0n) is 12.1. The normalized spacial score (nSPS) is 16.7. The summed E-state index contributed by atoms with van der Waals surface area (Å²) in [6.45, 7) is 2.22. The molecule has 1 aromatic carbocycles.